The van der Waals surface area contributed by atoms with E-state index in [1.807, 2.05) is 0 Å². The summed E-state index contributed by atoms with van der Waals surface area (Å²) in [6.07, 6.45) is 5.53. The summed E-state index contributed by atoms with van der Waals surface area (Å²) in [6, 6.07) is 0. The number of hydrogen-bond acceptors (Lipinski definition) is 5. The minimum Gasteiger partial charge on any atom is -0.463 e. The van der Waals surface area contributed by atoms with Crippen molar-refractivity contribution in [1.29, 1.82) is 0 Å². The van der Waals surface area contributed by atoms with Crippen molar-refractivity contribution in [3.8, 4) is 0 Å². The van der Waals surface area contributed by atoms with Crippen LogP contribution in [-0.4, -0.2) is 38.4 Å². The number of carbonyl (C=O) groups is 2. The Kier molecular flexibility index (Phi) is 11.7. The van der Waals surface area contributed by atoms with Crippen LogP contribution in [-0.2, 0) is 23.8 Å². The molecule has 0 aromatic heterocycles. The molecular weight excluding hydrogens is 248 g/mol. The molecule has 0 aliphatic carbocycles. The van der Waals surface area contributed by atoms with Crippen molar-refractivity contribution >= 4 is 11.9 Å². The Hall–Kier alpha value is -1.62. The second-order valence-corrected chi connectivity index (χ2v) is 3.77. The topological polar surface area (TPSA) is 61.8 Å². The number of carbonyl (C=O) groups excluding carboxylic acids is 2. The lowest BCUT2D eigenvalue weighted by molar-refractivity contribution is -0.138. The summed E-state index contributed by atoms with van der Waals surface area (Å²) in [7, 11) is 0. The second-order valence-electron chi connectivity index (χ2n) is 3.77. The Bertz CT molecular complexity index is 258. The van der Waals surface area contributed by atoms with E-state index in [0.29, 0.717) is 26.4 Å². The van der Waals surface area contributed by atoms with Crippen LogP contribution in [0.1, 0.15) is 25.7 Å². The van der Waals surface area contributed by atoms with Crippen molar-refractivity contribution in [2.24, 2.45) is 0 Å². The number of ether oxygens (including phenoxy) is 3. The molecule has 0 heterocycles. The van der Waals surface area contributed by atoms with E-state index in [2.05, 4.69) is 13.2 Å². The van der Waals surface area contributed by atoms with Gasteiger partial charge in [0.1, 0.15) is 0 Å². The van der Waals surface area contributed by atoms with Gasteiger partial charge in [0, 0.05) is 25.4 Å². The van der Waals surface area contributed by atoms with Gasteiger partial charge in [0.2, 0.25) is 0 Å². The van der Waals surface area contributed by atoms with E-state index < -0.39 is 11.9 Å². The average Bonchev–Trinajstić information content (AvgIpc) is 2.43. The van der Waals surface area contributed by atoms with E-state index >= 15 is 0 Å². The smallest absolute Gasteiger partial charge is 0.330 e. The molecule has 0 N–H and O–H groups in total. The fourth-order valence-corrected chi connectivity index (χ4v) is 1.18. The van der Waals surface area contributed by atoms with Gasteiger partial charge in [-0.3, -0.25) is 0 Å². The molecule has 0 saturated carbocycles. The standard InChI is InChI=1S/C14H22O5/c1-3-13(15)18-11-7-5-9-17-10-6-8-12-19-14(16)4-2/h3-4H,1-2,5-12H2. The van der Waals surface area contributed by atoms with Crippen LogP contribution in [0.25, 0.3) is 0 Å². The molecule has 0 unspecified atom stereocenters. The third-order valence-electron chi connectivity index (χ3n) is 2.19. The van der Waals surface area contributed by atoms with E-state index in [9.17, 15) is 9.59 Å². The lowest BCUT2D eigenvalue weighted by Gasteiger charge is -2.05. The predicted molar refractivity (Wildman–Crippen MR) is 71.6 cm³/mol. The molecule has 19 heavy (non-hydrogen) atoms. The highest BCUT2D eigenvalue weighted by molar-refractivity contribution is 5.81. The third kappa shape index (κ3) is 12.6. The van der Waals surface area contributed by atoms with Gasteiger partial charge in [-0.25, -0.2) is 9.59 Å². The van der Waals surface area contributed by atoms with Crippen LogP contribution in [0.2, 0.25) is 0 Å². The second kappa shape index (κ2) is 12.8. The first kappa shape index (κ1) is 17.4. The molecular formula is C14H22O5. The van der Waals surface area contributed by atoms with Crippen LogP contribution in [0.3, 0.4) is 0 Å². The first-order valence-electron chi connectivity index (χ1n) is 6.37. The number of hydrogen-bond donors (Lipinski definition) is 0. The van der Waals surface area contributed by atoms with Crippen molar-refractivity contribution in [1.82, 2.24) is 0 Å². The summed E-state index contributed by atoms with van der Waals surface area (Å²) in [4.78, 5) is 21.4. The Morgan fingerprint density at radius 1 is 0.737 bits per heavy atom. The zero-order valence-corrected chi connectivity index (χ0v) is 11.3. The van der Waals surface area contributed by atoms with Gasteiger partial charge in [0.15, 0.2) is 0 Å². The normalized spacial score (nSPS) is 9.68. The van der Waals surface area contributed by atoms with Crippen molar-refractivity contribution in [2.75, 3.05) is 26.4 Å². The summed E-state index contributed by atoms with van der Waals surface area (Å²) in [5.41, 5.74) is 0. The predicted octanol–water partition coefficient (Wildman–Crippen LogP) is 2.02. The minimum atomic E-state index is -0.394. The maximum atomic E-state index is 10.7. The Balaban J connectivity index is 3.10. The van der Waals surface area contributed by atoms with Gasteiger partial charge in [-0.15, -0.1) is 0 Å². The summed E-state index contributed by atoms with van der Waals surface area (Å²) in [5.74, 6) is -0.787. The molecule has 5 nitrogen and oxygen atoms in total. The molecule has 0 saturated heterocycles. The molecule has 0 aromatic carbocycles. The van der Waals surface area contributed by atoms with Gasteiger partial charge in [-0.05, 0) is 25.7 Å². The molecule has 0 amide bonds. The first-order chi connectivity index (χ1) is 9.20. The average molecular weight is 270 g/mol. The summed E-state index contributed by atoms with van der Waals surface area (Å²) in [6.45, 7) is 8.67. The highest BCUT2D eigenvalue weighted by atomic mass is 16.5. The minimum absolute atomic E-state index is 0.394. The molecule has 0 aliphatic heterocycles. The quantitative estimate of drug-likeness (QED) is 0.308. The van der Waals surface area contributed by atoms with Crippen LogP contribution in [0, 0.1) is 0 Å². The number of rotatable bonds is 12. The third-order valence-corrected chi connectivity index (χ3v) is 2.19. The lowest BCUT2D eigenvalue weighted by atomic mass is 10.3. The summed E-state index contributed by atoms with van der Waals surface area (Å²) >= 11 is 0. The van der Waals surface area contributed by atoms with Gasteiger partial charge >= 0.3 is 11.9 Å². The SMILES string of the molecule is C=CC(=O)OCCCCOCCCCOC(=O)C=C. The van der Waals surface area contributed by atoms with Crippen LogP contribution in [0.4, 0.5) is 0 Å². The first-order valence-corrected chi connectivity index (χ1v) is 6.37. The van der Waals surface area contributed by atoms with Gasteiger partial charge in [-0.1, -0.05) is 13.2 Å². The van der Waals surface area contributed by atoms with E-state index in [1.165, 1.54) is 0 Å². The van der Waals surface area contributed by atoms with Crippen LogP contribution < -0.4 is 0 Å². The molecule has 0 fully saturated rings. The van der Waals surface area contributed by atoms with Crippen LogP contribution in [0.15, 0.2) is 25.3 Å². The number of esters is 2. The van der Waals surface area contributed by atoms with E-state index in [0.717, 1.165) is 37.8 Å². The molecule has 0 aromatic rings. The van der Waals surface area contributed by atoms with Crippen LogP contribution in [0.5, 0.6) is 0 Å². The molecule has 0 atom stereocenters. The fourth-order valence-electron chi connectivity index (χ4n) is 1.18. The number of unbranched alkanes of at least 4 members (excludes halogenated alkanes) is 2. The van der Waals surface area contributed by atoms with Crippen molar-refractivity contribution < 1.29 is 23.8 Å². The van der Waals surface area contributed by atoms with Gasteiger partial charge in [-0.2, -0.15) is 0 Å². The largest absolute Gasteiger partial charge is 0.463 e. The highest BCUT2D eigenvalue weighted by Crippen LogP contribution is 1.96. The molecule has 5 heteroatoms. The van der Waals surface area contributed by atoms with E-state index in [4.69, 9.17) is 14.2 Å². The van der Waals surface area contributed by atoms with Gasteiger partial charge in [0.05, 0.1) is 13.2 Å². The molecule has 0 aliphatic rings. The maximum Gasteiger partial charge on any atom is 0.330 e. The van der Waals surface area contributed by atoms with Crippen molar-refractivity contribution in [2.45, 2.75) is 25.7 Å². The van der Waals surface area contributed by atoms with Crippen LogP contribution >= 0.6 is 0 Å². The zero-order chi connectivity index (χ0) is 14.3. The Labute approximate surface area is 114 Å². The monoisotopic (exact) mass is 270 g/mol. The van der Waals surface area contributed by atoms with E-state index in [-0.39, 0.29) is 0 Å². The maximum absolute atomic E-state index is 10.7. The molecule has 0 spiro atoms. The van der Waals surface area contributed by atoms with Gasteiger partial charge in [0.25, 0.3) is 0 Å². The summed E-state index contributed by atoms with van der Waals surface area (Å²) < 4.78 is 15.0. The lowest BCUT2D eigenvalue weighted by Crippen LogP contribution is -2.05. The van der Waals surface area contributed by atoms with Crippen molar-refractivity contribution in [3.63, 3.8) is 0 Å². The van der Waals surface area contributed by atoms with Gasteiger partial charge < -0.3 is 14.2 Å². The molecule has 0 radical (unpaired) electrons. The molecule has 0 rings (SSSR count). The highest BCUT2D eigenvalue weighted by Gasteiger charge is 1.97. The Morgan fingerprint density at radius 3 is 1.47 bits per heavy atom. The zero-order valence-electron chi connectivity index (χ0n) is 11.3. The van der Waals surface area contributed by atoms with E-state index in [1.54, 1.807) is 0 Å². The Morgan fingerprint density at radius 2 is 1.11 bits per heavy atom. The van der Waals surface area contributed by atoms with Crippen molar-refractivity contribution in [3.05, 3.63) is 25.3 Å². The molecule has 108 valence electrons. The fraction of sp³-hybridized carbons (Fsp3) is 0.571. The summed E-state index contributed by atoms with van der Waals surface area (Å²) in [5, 5.41) is 0. The molecule has 0 bridgehead atoms.